The zero-order chi connectivity index (χ0) is 14.8. The van der Waals surface area contributed by atoms with Gasteiger partial charge in [0.25, 0.3) is 5.91 Å². The number of pyridine rings is 1. The molecule has 5 nitrogen and oxygen atoms in total. The van der Waals surface area contributed by atoms with E-state index in [2.05, 4.69) is 4.98 Å². The van der Waals surface area contributed by atoms with Gasteiger partial charge >= 0.3 is 5.97 Å². The van der Waals surface area contributed by atoms with Gasteiger partial charge in [0, 0.05) is 30.2 Å². The minimum atomic E-state index is -0.878. The molecule has 3 rings (SSSR count). The average Bonchev–Trinajstić information content (AvgIpc) is 2.54. The first-order valence-corrected chi connectivity index (χ1v) is 6.69. The summed E-state index contributed by atoms with van der Waals surface area (Å²) in [4.78, 5) is 29.4. The van der Waals surface area contributed by atoms with Crippen molar-refractivity contribution in [1.82, 2.24) is 4.98 Å². The predicted molar refractivity (Wildman–Crippen MR) is 77.2 cm³/mol. The molecule has 2 aromatic rings. The first kappa shape index (κ1) is 13.3. The number of para-hydroxylation sites is 1. The molecule has 1 aromatic heterocycles. The Morgan fingerprint density at radius 3 is 2.57 bits per heavy atom. The Balaban J connectivity index is 2.00. The zero-order valence-corrected chi connectivity index (χ0v) is 11.3. The first-order chi connectivity index (χ1) is 10.2. The number of hydrogen-bond acceptors (Lipinski definition) is 3. The van der Waals surface area contributed by atoms with E-state index >= 15 is 0 Å². The van der Waals surface area contributed by atoms with Crippen molar-refractivity contribution < 1.29 is 14.7 Å². The monoisotopic (exact) mass is 282 g/mol. The van der Waals surface area contributed by atoms with Gasteiger partial charge in [-0.05, 0) is 30.2 Å². The van der Waals surface area contributed by atoms with Crippen molar-refractivity contribution >= 4 is 17.6 Å². The van der Waals surface area contributed by atoms with Crippen LogP contribution in [-0.2, 0) is 11.2 Å². The number of aliphatic carboxylic acids is 1. The standard InChI is InChI=1S/C16H14N2O3/c19-15(11-5-7-17-8-6-11)18-10-13(16(20)21)9-12-3-1-2-4-14(12)18/h1-8,13H,9-10H2,(H,20,21). The van der Waals surface area contributed by atoms with Crippen LogP contribution >= 0.6 is 0 Å². The molecular formula is C16H14N2O3. The van der Waals surface area contributed by atoms with Gasteiger partial charge in [-0.1, -0.05) is 18.2 Å². The zero-order valence-electron chi connectivity index (χ0n) is 11.3. The van der Waals surface area contributed by atoms with Crippen LogP contribution in [0.3, 0.4) is 0 Å². The van der Waals surface area contributed by atoms with Crippen LogP contribution in [0.2, 0.25) is 0 Å². The van der Waals surface area contributed by atoms with E-state index in [9.17, 15) is 14.7 Å². The second kappa shape index (κ2) is 5.36. The van der Waals surface area contributed by atoms with Gasteiger partial charge in [-0.2, -0.15) is 0 Å². The summed E-state index contributed by atoms with van der Waals surface area (Å²) in [5, 5.41) is 9.29. The normalized spacial score (nSPS) is 17.1. The van der Waals surface area contributed by atoms with E-state index in [0.29, 0.717) is 12.0 Å². The van der Waals surface area contributed by atoms with E-state index in [0.717, 1.165) is 11.3 Å². The molecule has 0 saturated carbocycles. The lowest BCUT2D eigenvalue weighted by atomic mass is 9.92. The highest BCUT2D eigenvalue weighted by atomic mass is 16.4. The molecule has 0 fully saturated rings. The number of carbonyl (C=O) groups is 2. The Morgan fingerprint density at radius 1 is 1.14 bits per heavy atom. The fourth-order valence-corrected chi connectivity index (χ4v) is 2.60. The number of rotatable bonds is 2. The Bertz CT molecular complexity index is 685. The minimum absolute atomic E-state index is 0.188. The minimum Gasteiger partial charge on any atom is -0.481 e. The third-order valence-electron chi connectivity index (χ3n) is 3.67. The fraction of sp³-hybridized carbons (Fsp3) is 0.188. The van der Waals surface area contributed by atoms with Crippen LogP contribution in [-0.4, -0.2) is 28.5 Å². The molecule has 1 amide bonds. The van der Waals surface area contributed by atoms with Crippen LogP contribution in [0.25, 0.3) is 0 Å². The maximum Gasteiger partial charge on any atom is 0.308 e. The van der Waals surface area contributed by atoms with Gasteiger partial charge in [-0.15, -0.1) is 0 Å². The topological polar surface area (TPSA) is 70.5 Å². The van der Waals surface area contributed by atoms with E-state index in [1.54, 1.807) is 29.4 Å². The largest absolute Gasteiger partial charge is 0.481 e. The number of carboxylic acids is 1. The summed E-state index contributed by atoms with van der Waals surface area (Å²) >= 11 is 0. The quantitative estimate of drug-likeness (QED) is 0.914. The van der Waals surface area contributed by atoms with E-state index in [1.165, 1.54) is 0 Å². The molecule has 1 N–H and O–H groups in total. The van der Waals surface area contributed by atoms with E-state index in [1.807, 2.05) is 24.3 Å². The molecule has 0 spiro atoms. The Labute approximate surface area is 121 Å². The van der Waals surface area contributed by atoms with Crippen LogP contribution in [0.5, 0.6) is 0 Å². The van der Waals surface area contributed by atoms with Gasteiger partial charge < -0.3 is 10.0 Å². The number of aromatic nitrogens is 1. The summed E-state index contributed by atoms with van der Waals surface area (Å²) in [6.07, 6.45) is 3.56. The molecule has 0 aliphatic carbocycles. The summed E-state index contributed by atoms with van der Waals surface area (Å²) in [5.41, 5.74) is 2.18. The number of nitrogens with zero attached hydrogens (tertiary/aromatic N) is 2. The smallest absolute Gasteiger partial charge is 0.308 e. The number of anilines is 1. The van der Waals surface area contributed by atoms with Gasteiger partial charge in [-0.25, -0.2) is 0 Å². The van der Waals surface area contributed by atoms with Gasteiger partial charge in [0.05, 0.1) is 5.92 Å². The summed E-state index contributed by atoms with van der Waals surface area (Å²) in [6.45, 7) is 0.188. The Hall–Kier alpha value is -2.69. The molecule has 0 bridgehead atoms. The third-order valence-corrected chi connectivity index (χ3v) is 3.67. The predicted octanol–water partition coefficient (Wildman–Crippen LogP) is 1.99. The second-order valence-electron chi connectivity index (χ2n) is 5.02. The van der Waals surface area contributed by atoms with Crippen molar-refractivity contribution in [2.45, 2.75) is 6.42 Å². The molecule has 1 aliphatic rings. The summed E-state index contributed by atoms with van der Waals surface area (Å²) in [6, 6.07) is 10.7. The number of fused-ring (bicyclic) bond motifs is 1. The SMILES string of the molecule is O=C(O)C1Cc2ccccc2N(C(=O)c2ccncc2)C1. The number of carbonyl (C=O) groups excluding carboxylic acids is 1. The first-order valence-electron chi connectivity index (χ1n) is 6.69. The molecule has 1 aromatic carbocycles. The van der Waals surface area contributed by atoms with Crippen LogP contribution < -0.4 is 4.90 Å². The van der Waals surface area contributed by atoms with Crippen LogP contribution in [0, 0.1) is 5.92 Å². The van der Waals surface area contributed by atoms with Crippen molar-refractivity contribution in [1.29, 1.82) is 0 Å². The molecule has 0 saturated heterocycles. The van der Waals surface area contributed by atoms with E-state index < -0.39 is 11.9 Å². The summed E-state index contributed by atoms with van der Waals surface area (Å²) in [5.74, 6) is -1.65. The number of hydrogen-bond donors (Lipinski definition) is 1. The lowest BCUT2D eigenvalue weighted by molar-refractivity contribution is -0.141. The van der Waals surface area contributed by atoms with Crippen molar-refractivity contribution in [3.8, 4) is 0 Å². The Morgan fingerprint density at radius 2 is 1.86 bits per heavy atom. The number of amides is 1. The maximum absolute atomic E-state index is 12.6. The molecule has 0 radical (unpaired) electrons. The highest BCUT2D eigenvalue weighted by Gasteiger charge is 2.32. The van der Waals surface area contributed by atoms with Crippen molar-refractivity contribution in [3.63, 3.8) is 0 Å². The highest BCUT2D eigenvalue weighted by Crippen LogP contribution is 2.30. The van der Waals surface area contributed by atoms with Gasteiger partial charge in [0.2, 0.25) is 0 Å². The lowest BCUT2D eigenvalue weighted by Gasteiger charge is -2.33. The fourth-order valence-electron chi connectivity index (χ4n) is 2.60. The second-order valence-corrected chi connectivity index (χ2v) is 5.02. The lowest BCUT2D eigenvalue weighted by Crippen LogP contribution is -2.42. The highest BCUT2D eigenvalue weighted by molar-refractivity contribution is 6.07. The van der Waals surface area contributed by atoms with Crippen LogP contribution in [0.4, 0.5) is 5.69 Å². The van der Waals surface area contributed by atoms with Gasteiger partial charge in [-0.3, -0.25) is 14.6 Å². The molecule has 21 heavy (non-hydrogen) atoms. The van der Waals surface area contributed by atoms with Crippen LogP contribution in [0.15, 0.2) is 48.8 Å². The maximum atomic E-state index is 12.6. The van der Waals surface area contributed by atoms with Gasteiger partial charge in [0.1, 0.15) is 0 Å². The molecule has 1 aliphatic heterocycles. The van der Waals surface area contributed by atoms with Gasteiger partial charge in [0.15, 0.2) is 0 Å². The van der Waals surface area contributed by atoms with Crippen molar-refractivity contribution in [2.75, 3.05) is 11.4 Å². The number of benzene rings is 1. The third kappa shape index (κ3) is 2.50. The summed E-state index contributed by atoms with van der Waals surface area (Å²) in [7, 11) is 0. The number of carboxylic acid groups (broad SMARTS) is 1. The molecule has 106 valence electrons. The Kier molecular flexibility index (Phi) is 3.39. The molecule has 5 heteroatoms. The van der Waals surface area contributed by atoms with Crippen molar-refractivity contribution in [3.05, 3.63) is 59.9 Å². The average molecular weight is 282 g/mol. The molecule has 1 unspecified atom stereocenters. The van der Waals surface area contributed by atoms with E-state index in [4.69, 9.17) is 0 Å². The van der Waals surface area contributed by atoms with Crippen molar-refractivity contribution in [2.24, 2.45) is 5.92 Å². The van der Waals surface area contributed by atoms with Crippen LogP contribution in [0.1, 0.15) is 15.9 Å². The molecule has 2 heterocycles. The molecular weight excluding hydrogens is 268 g/mol. The summed E-state index contributed by atoms with van der Waals surface area (Å²) < 4.78 is 0. The van der Waals surface area contributed by atoms with E-state index in [-0.39, 0.29) is 12.5 Å². The molecule has 1 atom stereocenters.